The van der Waals surface area contributed by atoms with Crippen molar-refractivity contribution >= 4 is 34.1 Å². The molecule has 4 nitrogen and oxygen atoms in total. The van der Waals surface area contributed by atoms with Gasteiger partial charge in [0.25, 0.3) is 0 Å². The fraction of sp³-hybridized carbons (Fsp3) is 0.471. The fourth-order valence-corrected chi connectivity index (χ4v) is 3.73. The summed E-state index contributed by atoms with van der Waals surface area (Å²) in [5.41, 5.74) is 2.10. The number of aromatic nitrogens is 1. The summed E-state index contributed by atoms with van der Waals surface area (Å²) in [5.74, 6) is 0.139. The minimum atomic E-state index is -0.187. The third-order valence-corrected chi connectivity index (χ3v) is 4.79. The Hall–Kier alpha value is -1.68. The highest BCUT2D eigenvalue weighted by molar-refractivity contribution is 6.31. The standard InChI is InChI=1S/C17H22ClN3O/c1-12(22)21-8-7-20(11-17(21,2)3)16-10-13(18)9-15-14(16)5-6-19(15)4/h5-6,9-10H,7-8,11H2,1-4H3. The SMILES string of the molecule is CC(=O)N1CCN(c2cc(Cl)cc3c2ccn3C)CC1(C)C. The molecule has 0 N–H and O–H groups in total. The normalized spacial score (nSPS) is 18.0. The summed E-state index contributed by atoms with van der Waals surface area (Å²) >= 11 is 6.32. The predicted molar refractivity (Wildman–Crippen MR) is 91.6 cm³/mol. The Morgan fingerprint density at radius 1 is 1.27 bits per heavy atom. The molecule has 1 amide bonds. The largest absolute Gasteiger partial charge is 0.367 e. The van der Waals surface area contributed by atoms with E-state index in [1.807, 2.05) is 24.1 Å². The second kappa shape index (κ2) is 5.20. The van der Waals surface area contributed by atoms with E-state index in [2.05, 4.69) is 35.6 Å². The van der Waals surface area contributed by atoms with E-state index in [-0.39, 0.29) is 11.4 Å². The smallest absolute Gasteiger partial charge is 0.220 e. The number of fused-ring (bicyclic) bond motifs is 1. The lowest BCUT2D eigenvalue weighted by molar-refractivity contribution is -0.134. The number of hydrogen-bond acceptors (Lipinski definition) is 2. The average molecular weight is 320 g/mol. The number of piperazine rings is 1. The van der Waals surface area contributed by atoms with Gasteiger partial charge in [0, 0.05) is 55.9 Å². The maximum absolute atomic E-state index is 11.8. The van der Waals surface area contributed by atoms with Gasteiger partial charge in [-0.2, -0.15) is 0 Å². The van der Waals surface area contributed by atoms with Crippen LogP contribution in [0.3, 0.4) is 0 Å². The highest BCUT2D eigenvalue weighted by atomic mass is 35.5. The summed E-state index contributed by atoms with van der Waals surface area (Å²) in [6.07, 6.45) is 2.06. The number of carbonyl (C=O) groups excluding carboxylic acids is 1. The molecular formula is C17H22ClN3O. The number of anilines is 1. The summed E-state index contributed by atoms with van der Waals surface area (Å²) in [6, 6.07) is 6.16. The van der Waals surface area contributed by atoms with Crippen molar-refractivity contribution in [1.82, 2.24) is 9.47 Å². The van der Waals surface area contributed by atoms with E-state index >= 15 is 0 Å². The van der Waals surface area contributed by atoms with Crippen molar-refractivity contribution in [2.24, 2.45) is 7.05 Å². The summed E-state index contributed by atoms with van der Waals surface area (Å²) in [7, 11) is 2.03. The van der Waals surface area contributed by atoms with Crippen LogP contribution in [0.15, 0.2) is 24.4 Å². The second-order valence-electron chi connectivity index (χ2n) is 6.69. The van der Waals surface area contributed by atoms with Crippen LogP contribution in [-0.2, 0) is 11.8 Å². The van der Waals surface area contributed by atoms with Gasteiger partial charge < -0.3 is 14.4 Å². The molecule has 1 aliphatic heterocycles. The van der Waals surface area contributed by atoms with Gasteiger partial charge in [-0.1, -0.05) is 11.6 Å². The van der Waals surface area contributed by atoms with E-state index in [1.54, 1.807) is 6.92 Å². The lowest BCUT2D eigenvalue weighted by atomic mass is 9.97. The molecule has 0 aliphatic carbocycles. The van der Waals surface area contributed by atoms with Gasteiger partial charge in [-0.05, 0) is 32.0 Å². The molecule has 0 saturated carbocycles. The number of amides is 1. The number of halogens is 1. The first-order chi connectivity index (χ1) is 10.3. The maximum Gasteiger partial charge on any atom is 0.220 e. The molecule has 1 aromatic carbocycles. The van der Waals surface area contributed by atoms with E-state index in [1.165, 1.54) is 5.39 Å². The fourth-order valence-electron chi connectivity index (χ4n) is 3.52. The van der Waals surface area contributed by atoms with Crippen LogP contribution in [0, 0.1) is 0 Å². The van der Waals surface area contributed by atoms with E-state index in [9.17, 15) is 4.79 Å². The van der Waals surface area contributed by atoms with Gasteiger partial charge in [0.15, 0.2) is 0 Å². The lowest BCUT2D eigenvalue weighted by Gasteiger charge is -2.47. The quantitative estimate of drug-likeness (QED) is 0.807. The Morgan fingerprint density at radius 3 is 2.64 bits per heavy atom. The minimum Gasteiger partial charge on any atom is -0.367 e. The zero-order chi connectivity index (χ0) is 16.1. The van der Waals surface area contributed by atoms with Gasteiger partial charge >= 0.3 is 0 Å². The Bertz CT molecular complexity index is 735. The van der Waals surface area contributed by atoms with Crippen LogP contribution in [0.5, 0.6) is 0 Å². The van der Waals surface area contributed by atoms with Crippen LogP contribution in [0.25, 0.3) is 10.9 Å². The monoisotopic (exact) mass is 319 g/mol. The highest BCUT2D eigenvalue weighted by Crippen LogP contribution is 2.34. The van der Waals surface area contributed by atoms with Crippen LogP contribution in [0.2, 0.25) is 5.02 Å². The highest BCUT2D eigenvalue weighted by Gasteiger charge is 2.35. The molecule has 0 radical (unpaired) electrons. The van der Waals surface area contributed by atoms with Crippen LogP contribution in [0.4, 0.5) is 5.69 Å². The lowest BCUT2D eigenvalue weighted by Crippen LogP contribution is -2.60. The molecule has 0 atom stereocenters. The average Bonchev–Trinajstić information content (AvgIpc) is 2.78. The number of nitrogens with zero attached hydrogens (tertiary/aromatic N) is 3. The molecule has 1 saturated heterocycles. The molecule has 2 heterocycles. The summed E-state index contributed by atoms with van der Waals surface area (Å²) in [6.45, 7) is 8.25. The van der Waals surface area contributed by atoms with Crippen LogP contribution in [0.1, 0.15) is 20.8 Å². The van der Waals surface area contributed by atoms with Gasteiger partial charge in [-0.15, -0.1) is 0 Å². The molecule has 118 valence electrons. The number of rotatable bonds is 1. The number of carbonyl (C=O) groups is 1. The molecule has 5 heteroatoms. The van der Waals surface area contributed by atoms with E-state index in [0.717, 1.165) is 35.9 Å². The molecule has 22 heavy (non-hydrogen) atoms. The first-order valence-corrected chi connectivity index (χ1v) is 7.95. The first kappa shape index (κ1) is 15.2. The van der Waals surface area contributed by atoms with Crippen LogP contribution >= 0.6 is 11.6 Å². The molecule has 1 fully saturated rings. The third-order valence-electron chi connectivity index (χ3n) is 4.57. The molecule has 0 unspecified atom stereocenters. The van der Waals surface area contributed by atoms with Gasteiger partial charge in [0.1, 0.15) is 0 Å². The number of aryl methyl sites for hydroxylation is 1. The summed E-state index contributed by atoms with van der Waals surface area (Å²) in [5, 5.41) is 1.95. The molecule has 0 bridgehead atoms. The van der Waals surface area contributed by atoms with Gasteiger partial charge in [-0.25, -0.2) is 0 Å². The Kier molecular flexibility index (Phi) is 3.60. The predicted octanol–water partition coefficient (Wildman–Crippen LogP) is 3.28. The van der Waals surface area contributed by atoms with Crippen molar-refractivity contribution in [3.8, 4) is 0 Å². The molecule has 1 aromatic heterocycles. The van der Waals surface area contributed by atoms with Crippen LogP contribution < -0.4 is 4.90 Å². The van der Waals surface area contributed by atoms with Crippen molar-refractivity contribution < 1.29 is 4.79 Å². The van der Waals surface area contributed by atoms with Gasteiger partial charge in [-0.3, -0.25) is 4.79 Å². The van der Waals surface area contributed by atoms with Gasteiger partial charge in [0.2, 0.25) is 5.91 Å². The van der Waals surface area contributed by atoms with E-state index < -0.39 is 0 Å². The number of benzene rings is 1. The van der Waals surface area contributed by atoms with Crippen LogP contribution in [-0.4, -0.2) is 40.5 Å². The zero-order valence-corrected chi connectivity index (χ0v) is 14.3. The molecular weight excluding hydrogens is 298 g/mol. The maximum atomic E-state index is 11.8. The summed E-state index contributed by atoms with van der Waals surface area (Å²) < 4.78 is 2.08. The Labute approximate surface area is 136 Å². The third kappa shape index (κ3) is 2.45. The Morgan fingerprint density at radius 2 is 2.00 bits per heavy atom. The van der Waals surface area contributed by atoms with E-state index in [0.29, 0.717) is 0 Å². The van der Waals surface area contributed by atoms with E-state index in [4.69, 9.17) is 11.6 Å². The topological polar surface area (TPSA) is 28.5 Å². The Balaban J connectivity index is 2.01. The molecule has 3 rings (SSSR count). The van der Waals surface area contributed by atoms with Crippen molar-refractivity contribution in [2.75, 3.05) is 24.5 Å². The molecule has 2 aromatic rings. The zero-order valence-electron chi connectivity index (χ0n) is 13.6. The minimum absolute atomic E-state index is 0.139. The number of hydrogen-bond donors (Lipinski definition) is 0. The molecule has 1 aliphatic rings. The van der Waals surface area contributed by atoms with Crippen molar-refractivity contribution in [2.45, 2.75) is 26.3 Å². The van der Waals surface area contributed by atoms with Crippen molar-refractivity contribution in [1.29, 1.82) is 0 Å². The summed E-state index contributed by atoms with van der Waals surface area (Å²) in [4.78, 5) is 16.1. The second-order valence-corrected chi connectivity index (χ2v) is 7.13. The van der Waals surface area contributed by atoms with Crippen molar-refractivity contribution in [3.05, 3.63) is 29.4 Å². The molecule has 0 spiro atoms. The van der Waals surface area contributed by atoms with Gasteiger partial charge in [0.05, 0.1) is 11.1 Å². The van der Waals surface area contributed by atoms with Crippen molar-refractivity contribution in [3.63, 3.8) is 0 Å². The first-order valence-electron chi connectivity index (χ1n) is 7.57.